The van der Waals surface area contributed by atoms with Crippen molar-refractivity contribution >= 4 is 17.0 Å². The number of nitrogens with zero attached hydrogens (tertiary/aromatic N) is 2. The summed E-state index contributed by atoms with van der Waals surface area (Å²) >= 11 is 0. The highest BCUT2D eigenvalue weighted by atomic mass is 16.6. The van der Waals surface area contributed by atoms with Gasteiger partial charge < -0.3 is 14.2 Å². The van der Waals surface area contributed by atoms with Crippen LogP contribution in [0.4, 0.5) is 4.79 Å². The number of para-hydroxylation sites is 1. The Morgan fingerprint density at radius 1 is 1.33 bits per heavy atom. The van der Waals surface area contributed by atoms with Crippen LogP contribution in [0.3, 0.4) is 0 Å². The van der Waals surface area contributed by atoms with Gasteiger partial charge in [-0.25, -0.2) is 4.79 Å². The SMILES string of the molecule is CN(C(=O)OC(C)(C)C)C1Cc2cccc3ccn(c23)C1. The average Bonchev–Trinajstić information content (AvgIpc) is 2.81. The fourth-order valence-electron chi connectivity index (χ4n) is 2.95. The summed E-state index contributed by atoms with van der Waals surface area (Å²) in [6.07, 6.45) is 2.72. The molecule has 4 nitrogen and oxygen atoms in total. The monoisotopic (exact) mass is 286 g/mol. The Labute approximate surface area is 125 Å². The molecule has 1 atom stereocenters. The zero-order valence-electron chi connectivity index (χ0n) is 13.1. The van der Waals surface area contributed by atoms with Crippen molar-refractivity contribution in [3.05, 3.63) is 36.0 Å². The summed E-state index contributed by atoms with van der Waals surface area (Å²) in [5.74, 6) is 0. The van der Waals surface area contributed by atoms with Gasteiger partial charge in [0.05, 0.1) is 11.6 Å². The zero-order chi connectivity index (χ0) is 15.2. The summed E-state index contributed by atoms with van der Waals surface area (Å²) in [6.45, 7) is 6.50. The first kappa shape index (κ1) is 14.0. The molecule has 2 aromatic rings. The molecule has 1 aromatic carbocycles. The fourth-order valence-corrected chi connectivity index (χ4v) is 2.95. The third-order valence-corrected chi connectivity index (χ3v) is 3.96. The van der Waals surface area contributed by atoms with Gasteiger partial charge in [0.15, 0.2) is 0 Å². The van der Waals surface area contributed by atoms with Crippen molar-refractivity contribution < 1.29 is 9.53 Å². The van der Waals surface area contributed by atoms with Gasteiger partial charge in [-0.3, -0.25) is 0 Å². The van der Waals surface area contributed by atoms with Gasteiger partial charge in [0.1, 0.15) is 5.60 Å². The molecule has 0 fully saturated rings. The van der Waals surface area contributed by atoms with Crippen molar-refractivity contribution in [2.75, 3.05) is 7.05 Å². The molecule has 1 unspecified atom stereocenters. The highest BCUT2D eigenvalue weighted by molar-refractivity contribution is 5.84. The number of carbonyl (C=O) groups is 1. The number of hydrogen-bond acceptors (Lipinski definition) is 2. The van der Waals surface area contributed by atoms with E-state index >= 15 is 0 Å². The van der Waals surface area contributed by atoms with Gasteiger partial charge >= 0.3 is 6.09 Å². The predicted molar refractivity (Wildman–Crippen MR) is 83.4 cm³/mol. The standard InChI is InChI=1S/C17H22N2O2/c1-17(2,3)21-16(20)18(4)14-10-13-7-5-6-12-8-9-19(11-14)15(12)13/h5-9,14H,10-11H2,1-4H3. The fraction of sp³-hybridized carbons (Fsp3) is 0.471. The van der Waals surface area contributed by atoms with E-state index in [2.05, 4.69) is 35.0 Å². The van der Waals surface area contributed by atoms with E-state index in [0.717, 1.165) is 13.0 Å². The molecule has 0 bridgehead atoms. The lowest BCUT2D eigenvalue weighted by Crippen LogP contribution is -2.45. The van der Waals surface area contributed by atoms with Gasteiger partial charge in [-0.1, -0.05) is 18.2 Å². The van der Waals surface area contributed by atoms with Crippen LogP contribution in [-0.4, -0.2) is 34.3 Å². The largest absolute Gasteiger partial charge is 0.444 e. The topological polar surface area (TPSA) is 34.5 Å². The lowest BCUT2D eigenvalue weighted by Gasteiger charge is -2.33. The van der Waals surface area contributed by atoms with Gasteiger partial charge in [-0.05, 0) is 44.2 Å². The van der Waals surface area contributed by atoms with Gasteiger partial charge in [-0.2, -0.15) is 0 Å². The van der Waals surface area contributed by atoms with E-state index in [9.17, 15) is 4.79 Å². The number of amides is 1. The molecule has 2 heterocycles. The maximum atomic E-state index is 12.2. The molecular weight excluding hydrogens is 264 g/mol. The van der Waals surface area contributed by atoms with Crippen molar-refractivity contribution in [2.45, 2.75) is 45.4 Å². The second-order valence-electron chi connectivity index (χ2n) is 6.77. The molecule has 112 valence electrons. The molecule has 0 N–H and O–H groups in total. The van der Waals surface area contributed by atoms with E-state index < -0.39 is 5.60 Å². The van der Waals surface area contributed by atoms with E-state index in [1.807, 2.05) is 27.8 Å². The maximum Gasteiger partial charge on any atom is 0.410 e. The average molecular weight is 286 g/mol. The van der Waals surface area contributed by atoms with Crippen molar-refractivity contribution in [1.82, 2.24) is 9.47 Å². The van der Waals surface area contributed by atoms with Gasteiger partial charge in [0.2, 0.25) is 0 Å². The van der Waals surface area contributed by atoms with Crippen LogP contribution in [-0.2, 0) is 17.7 Å². The highest BCUT2D eigenvalue weighted by Crippen LogP contribution is 2.28. The van der Waals surface area contributed by atoms with E-state index in [1.54, 1.807) is 4.90 Å². The van der Waals surface area contributed by atoms with Gasteiger partial charge in [-0.15, -0.1) is 0 Å². The van der Waals surface area contributed by atoms with E-state index in [0.29, 0.717) is 0 Å². The molecule has 1 aliphatic rings. The summed E-state index contributed by atoms with van der Waals surface area (Å²) in [4.78, 5) is 14.0. The van der Waals surface area contributed by atoms with Crippen LogP contribution in [0.2, 0.25) is 0 Å². The minimum atomic E-state index is -0.460. The van der Waals surface area contributed by atoms with Crippen molar-refractivity contribution in [1.29, 1.82) is 0 Å². The number of aromatic nitrogens is 1. The number of likely N-dealkylation sites (N-methyl/N-ethyl adjacent to an activating group) is 1. The Hall–Kier alpha value is -1.97. The third kappa shape index (κ3) is 2.62. The quantitative estimate of drug-likeness (QED) is 0.805. The van der Waals surface area contributed by atoms with E-state index in [-0.39, 0.29) is 12.1 Å². The Morgan fingerprint density at radius 3 is 2.81 bits per heavy atom. The number of ether oxygens (including phenoxy) is 1. The second kappa shape index (κ2) is 4.79. The normalized spacial score (nSPS) is 17.8. The number of rotatable bonds is 1. The van der Waals surface area contributed by atoms with Crippen LogP contribution in [0, 0.1) is 0 Å². The number of hydrogen-bond donors (Lipinski definition) is 0. The molecule has 21 heavy (non-hydrogen) atoms. The first-order valence-electron chi connectivity index (χ1n) is 7.38. The third-order valence-electron chi connectivity index (χ3n) is 3.96. The Balaban J connectivity index is 1.82. The minimum Gasteiger partial charge on any atom is -0.444 e. The highest BCUT2D eigenvalue weighted by Gasteiger charge is 2.29. The lowest BCUT2D eigenvalue weighted by atomic mass is 9.99. The molecule has 0 saturated carbocycles. The van der Waals surface area contributed by atoms with Crippen LogP contribution in [0.25, 0.3) is 10.9 Å². The Morgan fingerprint density at radius 2 is 2.10 bits per heavy atom. The molecule has 0 spiro atoms. The Kier molecular flexibility index (Phi) is 3.19. The molecule has 1 aliphatic heterocycles. The number of carbonyl (C=O) groups excluding carboxylic acids is 1. The minimum absolute atomic E-state index is 0.130. The van der Waals surface area contributed by atoms with Crippen molar-refractivity contribution in [2.24, 2.45) is 0 Å². The van der Waals surface area contributed by atoms with Crippen molar-refractivity contribution in [3.63, 3.8) is 0 Å². The molecular formula is C17H22N2O2. The molecule has 1 aromatic heterocycles. The summed E-state index contributed by atoms with van der Waals surface area (Å²) in [6, 6.07) is 8.62. The van der Waals surface area contributed by atoms with Gasteiger partial charge in [0.25, 0.3) is 0 Å². The molecule has 3 rings (SSSR count). The summed E-state index contributed by atoms with van der Waals surface area (Å²) < 4.78 is 7.71. The smallest absolute Gasteiger partial charge is 0.410 e. The van der Waals surface area contributed by atoms with Gasteiger partial charge in [0, 0.05) is 19.8 Å². The number of benzene rings is 1. The Bertz CT molecular complexity index is 682. The van der Waals surface area contributed by atoms with Crippen LogP contribution >= 0.6 is 0 Å². The summed E-state index contributed by atoms with van der Waals surface area (Å²) in [5, 5.41) is 1.27. The lowest BCUT2D eigenvalue weighted by molar-refractivity contribution is 0.0204. The van der Waals surface area contributed by atoms with Crippen LogP contribution < -0.4 is 0 Å². The van der Waals surface area contributed by atoms with Crippen LogP contribution in [0.1, 0.15) is 26.3 Å². The first-order chi connectivity index (χ1) is 9.85. The van der Waals surface area contributed by atoms with E-state index in [4.69, 9.17) is 4.74 Å². The molecule has 0 aliphatic carbocycles. The summed E-state index contributed by atoms with van der Waals surface area (Å²) in [5.41, 5.74) is 2.13. The predicted octanol–water partition coefficient (Wildman–Crippen LogP) is 3.43. The molecule has 4 heteroatoms. The molecule has 1 amide bonds. The molecule has 0 saturated heterocycles. The van der Waals surface area contributed by atoms with E-state index in [1.165, 1.54) is 16.5 Å². The van der Waals surface area contributed by atoms with Crippen LogP contribution in [0.5, 0.6) is 0 Å². The first-order valence-corrected chi connectivity index (χ1v) is 7.38. The maximum absolute atomic E-state index is 12.2. The van der Waals surface area contributed by atoms with Crippen molar-refractivity contribution in [3.8, 4) is 0 Å². The summed E-state index contributed by atoms with van der Waals surface area (Å²) in [7, 11) is 1.83. The molecule has 0 radical (unpaired) electrons. The zero-order valence-corrected chi connectivity index (χ0v) is 13.1. The second-order valence-corrected chi connectivity index (χ2v) is 6.77. The van der Waals surface area contributed by atoms with Crippen LogP contribution in [0.15, 0.2) is 30.5 Å².